The minimum absolute atomic E-state index is 0.146. The summed E-state index contributed by atoms with van der Waals surface area (Å²) in [5.74, 6) is -2.46. The Bertz CT molecular complexity index is 796. The second-order valence-electron chi connectivity index (χ2n) is 5.00. The van der Waals surface area contributed by atoms with Gasteiger partial charge in [0.1, 0.15) is 18.1 Å². The predicted molar refractivity (Wildman–Crippen MR) is 92.9 cm³/mol. The number of benzene rings is 1. The zero-order chi connectivity index (χ0) is 20.4. The number of carbonyl (C=O) groups is 2. The Hall–Kier alpha value is -1.79. The van der Waals surface area contributed by atoms with Crippen LogP contribution in [0.5, 0.6) is 5.75 Å². The average Bonchev–Trinajstić information content (AvgIpc) is 2.58. The van der Waals surface area contributed by atoms with E-state index in [2.05, 4.69) is 46.1 Å². The molecule has 0 spiro atoms. The Kier molecular flexibility index (Phi) is 6.76. The highest BCUT2D eigenvalue weighted by Gasteiger charge is 2.38. The van der Waals surface area contributed by atoms with Crippen LogP contribution in [-0.4, -0.2) is 45.9 Å². The average molecular weight is 519 g/mol. The number of anilines is 1. The molecule has 148 valence electrons. The smallest absolute Gasteiger partial charge is 0.466 e. The lowest BCUT2D eigenvalue weighted by Gasteiger charge is -2.33. The maximum absolute atomic E-state index is 12.9. The zero-order valence-corrected chi connectivity index (χ0v) is 17.0. The molecule has 1 aromatic rings. The van der Waals surface area contributed by atoms with Crippen LogP contribution in [0, 0.1) is 0 Å². The number of esters is 2. The van der Waals surface area contributed by atoms with Crippen LogP contribution in [-0.2, 0) is 23.8 Å². The van der Waals surface area contributed by atoms with Crippen molar-refractivity contribution in [1.29, 1.82) is 0 Å². The fourth-order valence-electron chi connectivity index (χ4n) is 2.33. The fourth-order valence-corrected chi connectivity index (χ4v) is 3.73. The molecule has 0 amide bonds. The largest absolute Gasteiger partial charge is 0.573 e. The van der Waals surface area contributed by atoms with E-state index in [1.807, 2.05) is 0 Å². The van der Waals surface area contributed by atoms with Crippen molar-refractivity contribution < 1.29 is 41.7 Å². The first-order valence-electron chi connectivity index (χ1n) is 7.09. The standard InChI is InChI=1S/C15H12Br2F3NO6/c1-24-13(22)8-5-26-6-21(11(8)14(23)25-2)12-9(17)3-7(16)4-10(12)27-15(18,19)20/h3-4H,5-6H2,1-2H3. The van der Waals surface area contributed by atoms with Crippen molar-refractivity contribution in [2.24, 2.45) is 0 Å². The molecule has 0 aromatic heterocycles. The molecule has 0 radical (unpaired) electrons. The third-order valence-electron chi connectivity index (χ3n) is 3.32. The molecule has 1 heterocycles. The summed E-state index contributed by atoms with van der Waals surface area (Å²) in [4.78, 5) is 25.3. The number of halogens is 5. The number of ether oxygens (including phenoxy) is 4. The zero-order valence-electron chi connectivity index (χ0n) is 13.9. The van der Waals surface area contributed by atoms with Gasteiger partial charge >= 0.3 is 18.3 Å². The minimum Gasteiger partial charge on any atom is -0.466 e. The quantitative estimate of drug-likeness (QED) is 0.565. The van der Waals surface area contributed by atoms with Crippen molar-refractivity contribution in [3.05, 3.63) is 32.3 Å². The van der Waals surface area contributed by atoms with Gasteiger partial charge in [0, 0.05) is 8.95 Å². The summed E-state index contributed by atoms with van der Waals surface area (Å²) in [6, 6.07) is 2.51. The van der Waals surface area contributed by atoms with Gasteiger partial charge in [-0.15, -0.1) is 13.2 Å². The first-order valence-corrected chi connectivity index (χ1v) is 8.67. The molecule has 0 fully saturated rings. The number of carbonyl (C=O) groups excluding carboxylic acids is 2. The number of rotatable bonds is 4. The van der Waals surface area contributed by atoms with Crippen LogP contribution < -0.4 is 9.64 Å². The molecule has 0 bridgehead atoms. The van der Waals surface area contributed by atoms with E-state index in [1.165, 1.54) is 6.07 Å². The summed E-state index contributed by atoms with van der Waals surface area (Å²) in [6.07, 6.45) is -4.99. The van der Waals surface area contributed by atoms with E-state index in [0.29, 0.717) is 0 Å². The molecular weight excluding hydrogens is 507 g/mol. The van der Waals surface area contributed by atoms with Gasteiger partial charge in [0.15, 0.2) is 5.75 Å². The summed E-state index contributed by atoms with van der Waals surface area (Å²) in [7, 11) is 2.17. The molecule has 0 N–H and O–H groups in total. The van der Waals surface area contributed by atoms with Gasteiger partial charge in [-0.1, -0.05) is 15.9 Å². The maximum Gasteiger partial charge on any atom is 0.573 e. The number of methoxy groups -OCH3 is 2. The highest BCUT2D eigenvalue weighted by molar-refractivity contribution is 9.11. The molecule has 0 atom stereocenters. The topological polar surface area (TPSA) is 74.3 Å². The van der Waals surface area contributed by atoms with E-state index in [0.717, 1.165) is 25.2 Å². The normalized spacial score (nSPS) is 14.9. The van der Waals surface area contributed by atoms with E-state index in [9.17, 15) is 22.8 Å². The monoisotopic (exact) mass is 517 g/mol. The molecule has 12 heteroatoms. The van der Waals surface area contributed by atoms with Gasteiger partial charge < -0.3 is 23.8 Å². The SMILES string of the molecule is COC(=O)C1=C(C(=O)OC)N(c2c(Br)cc(Br)cc2OC(F)(F)F)COC1. The van der Waals surface area contributed by atoms with E-state index in [4.69, 9.17) is 4.74 Å². The second kappa shape index (κ2) is 8.48. The highest BCUT2D eigenvalue weighted by Crippen LogP contribution is 2.43. The Balaban J connectivity index is 2.71. The first kappa shape index (κ1) is 21.5. The fraction of sp³-hybridized carbons (Fsp3) is 0.333. The lowest BCUT2D eigenvalue weighted by atomic mass is 10.1. The van der Waals surface area contributed by atoms with Crippen LogP contribution in [0.1, 0.15) is 0 Å². The molecule has 1 aliphatic rings. The van der Waals surface area contributed by atoms with Gasteiger partial charge in [0.05, 0.1) is 26.4 Å². The van der Waals surface area contributed by atoms with Gasteiger partial charge in [0.2, 0.25) is 0 Å². The summed E-state index contributed by atoms with van der Waals surface area (Å²) in [6.45, 7) is -0.614. The summed E-state index contributed by atoms with van der Waals surface area (Å²) >= 11 is 6.23. The molecule has 0 aliphatic carbocycles. The van der Waals surface area contributed by atoms with Gasteiger partial charge in [-0.25, -0.2) is 9.59 Å². The highest BCUT2D eigenvalue weighted by atomic mass is 79.9. The molecule has 27 heavy (non-hydrogen) atoms. The van der Waals surface area contributed by atoms with Gasteiger partial charge in [-0.2, -0.15) is 0 Å². The molecule has 0 unspecified atom stereocenters. The Morgan fingerprint density at radius 3 is 2.33 bits per heavy atom. The molecule has 1 aromatic carbocycles. The second-order valence-corrected chi connectivity index (χ2v) is 6.77. The van der Waals surface area contributed by atoms with Crippen molar-refractivity contribution in [3.8, 4) is 5.75 Å². The van der Waals surface area contributed by atoms with Crippen LogP contribution >= 0.6 is 31.9 Å². The van der Waals surface area contributed by atoms with Crippen molar-refractivity contribution in [2.75, 3.05) is 32.5 Å². The van der Waals surface area contributed by atoms with Gasteiger partial charge in [-0.3, -0.25) is 0 Å². The van der Waals surface area contributed by atoms with E-state index < -0.39 is 24.1 Å². The van der Waals surface area contributed by atoms with Crippen molar-refractivity contribution in [1.82, 2.24) is 0 Å². The Morgan fingerprint density at radius 1 is 1.15 bits per heavy atom. The third kappa shape index (κ3) is 4.93. The maximum atomic E-state index is 12.9. The van der Waals surface area contributed by atoms with Gasteiger partial charge in [-0.05, 0) is 28.1 Å². The van der Waals surface area contributed by atoms with Crippen LogP contribution in [0.25, 0.3) is 0 Å². The van der Waals surface area contributed by atoms with E-state index >= 15 is 0 Å². The number of hydrogen-bond acceptors (Lipinski definition) is 7. The van der Waals surface area contributed by atoms with E-state index in [1.54, 1.807) is 0 Å². The minimum atomic E-state index is -4.99. The predicted octanol–water partition coefficient (Wildman–Crippen LogP) is 3.50. The molecule has 0 saturated heterocycles. The van der Waals surface area contributed by atoms with E-state index in [-0.39, 0.29) is 39.2 Å². The van der Waals surface area contributed by atoms with Crippen molar-refractivity contribution in [2.45, 2.75) is 6.36 Å². The van der Waals surface area contributed by atoms with Crippen LogP contribution in [0.4, 0.5) is 18.9 Å². The Morgan fingerprint density at radius 2 is 1.78 bits per heavy atom. The first-order chi connectivity index (χ1) is 12.6. The lowest BCUT2D eigenvalue weighted by Crippen LogP contribution is -2.39. The summed E-state index contributed by atoms with van der Waals surface area (Å²) < 4.78 is 57.6. The van der Waals surface area contributed by atoms with Crippen LogP contribution in [0.2, 0.25) is 0 Å². The van der Waals surface area contributed by atoms with Crippen molar-refractivity contribution in [3.63, 3.8) is 0 Å². The van der Waals surface area contributed by atoms with Crippen molar-refractivity contribution >= 4 is 49.5 Å². The molecular formula is C15H12Br2F3NO6. The number of alkyl halides is 3. The van der Waals surface area contributed by atoms with Crippen LogP contribution in [0.3, 0.4) is 0 Å². The number of nitrogens with zero attached hydrogens (tertiary/aromatic N) is 1. The summed E-state index contributed by atoms with van der Waals surface area (Å²) in [5.41, 5.74) is -0.703. The third-order valence-corrected chi connectivity index (χ3v) is 4.38. The number of hydrogen-bond donors (Lipinski definition) is 0. The van der Waals surface area contributed by atoms with Gasteiger partial charge in [0.25, 0.3) is 0 Å². The lowest BCUT2D eigenvalue weighted by molar-refractivity contribution is -0.274. The molecule has 2 rings (SSSR count). The summed E-state index contributed by atoms with van der Waals surface area (Å²) in [5, 5.41) is 0. The van der Waals surface area contributed by atoms with Crippen LogP contribution in [0.15, 0.2) is 32.3 Å². The molecule has 7 nitrogen and oxygen atoms in total. The Labute approximate surface area is 168 Å². The molecule has 1 aliphatic heterocycles. The molecule has 0 saturated carbocycles.